The number of thioether (sulfide) groups is 1. The first kappa shape index (κ1) is 15.8. The number of nitrogens with one attached hydrogen (secondary N) is 1. The number of hydrogen-bond acceptors (Lipinski definition) is 5. The van der Waals surface area contributed by atoms with Crippen molar-refractivity contribution < 1.29 is 0 Å². The van der Waals surface area contributed by atoms with E-state index in [0.29, 0.717) is 18.2 Å². The first-order valence-electron chi connectivity index (χ1n) is 7.08. The molecule has 0 saturated carbocycles. The summed E-state index contributed by atoms with van der Waals surface area (Å²) in [6, 6.07) is 7.75. The van der Waals surface area contributed by atoms with Crippen molar-refractivity contribution in [2.75, 3.05) is 11.6 Å². The van der Waals surface area contributed by atoms with Gasteiger partial charge in [-0.3, -0.25) is 0 Å². The van der Waals surface area contributed by atoms with Gasteiger partial charge in [-0.15, -0.1) is 6.58 Å². The van der Waals surface area contributed by atoms with Crippen LogP contribution in [0.25, 0.3) is 11.0 Å². The van der Waals surface area contributed by atoms with Crippen molar-refractivity contribution in [2.24, 2.45) is 0 Å². The van der Waals surface area contributed by atoms with Crippen molar-refractivity contribution in [2.45, 2.75) is 18.2 Å². The molecule has 3 rings (SSSR count). The van der Waals surface area contributed by atoms with Crippen LogP contribution in [0.3, 0.4) is 0 Å². The molecule has 3 aromatic rings. The summed E-state index contributed by atoms with van der Waals surface area (Å²) in [5.74, 6) is 0.759. The summed E-state index contributed by atoms with van der Waals surface area (Å²) in [7, 11) is 0. The zero-order valence-electron chi connectivity index (χ0n) is 12.7. The van der Waals surface area contributed by atoms with Crippen LogP contribution in [-0.2, 0) is 13.1 Å². The number of aromatic nitrogens is 4. The minimum atomic E-state index is 0.590. The van der Waals surface area contributed by atoms with Crippen molar-refractivity contribution in [1.82, 2.24) is 19.7 Å². The molecule has 1 aromatic carbocycles. The van der Waals surface area contributed by atoms with Gasteiger partial charge in [-0.1, -0.05) is 47.6 Å². The molecule has 23 heavy (non-hydrogen) atoms. The smallest absolute Gasteiger partial charge is 0.191 e. The molecule has 5 nitrogen and oxygen atoms in total. The maximum atomic E-state index is 6.21. The Morgan fingerprint density at radius 3 is 2.91 bits per heavy atom. The summed E-state index contributed by atoms with van der Waals surface area (Å²) in [5.41, 5.74) is 1.82. The lowest BCUT2D eigenvalue weighted by Gasteiger charge is -2.09. The topological polar surface area (TPSA) is 55.6 Å². The van der Waals surface area contributed by atoms with Crippen LogP contribution in [0.4, 0.5) is 5.82 Å². The molecule has 0 atom stereocenters. The SMILES string of the molecule is C=CCn1ncc2c(NCc3ccccc3Cl)nc(SC)nc21. The van der Waals surface area contributed by atoms with Gasteiger partial charge in [0.15, 0.2) is 10.8 Å². The van der Waals surface area contributed by atoms with E-state index in [1.807, 2.05) is 35.2 Å². The van der Waals surface area contributed by atoms with Gasteiger partial charge in [0.2, 0.25) is 0 Å². The Morgan fingerprint density at radius 1 is 1.35 bits per heavy atom. The molecule has 0 fully saturated rings. The number of anilines is 1. The zero-order chi connectivity index (χ0) is 16.2. The Bertz CT molecular complexity index is 846. The quantitative estimate of drug-likeness (QED) is 0.416. The number of allylic oxidation sites excluding steroid dienone is 1. The highest BCUT2D eigenvalue weighted by Crippen LogP contribution is 2.24. The molecular weight excluding hydrogens is 330 g/mol. The van der Waals surface area contributed by atoms with Gasteiger partial charge in [0, 0.05) is 11.6 Å². The fraction of sp³-hybridized carbons (Fsp3) is 0.188. The van der Waals surface area contributed by atoms with Gasteiger partial charge in [-0.2, -0.15) is 5.10 Å². The number of hydrogen-bond donors (Lipinski definition) is 1. The summed E-state index contributed by atoms with van der Waals surface area (Å²) in [4.78, 5) is 9.10. The lowest BCUT2D eigenvalue weighted by Crippen LogP contribution is -2.05. The molecule has 0 spiro atoms. The summed E-state index contributed by atoms with van der Waals surface area (Å²) in [6.45, 7) is 4.95. The van der Waals surface area contributed by atoms with Crippen LogP contribution in [0.5, 0.6) is 0 Å². The van der Waals surface area contributed by atoms with Crippen molar-refractivity contribution in [3.05, 3.63) is 53.7 Å². The highest BCUT2D eigenvalue weighted by atomic mass is 35.5. The van der Waals surface area contributed by atoms with E-state index in [1.54, 1.807) is 12.3 Å². The van der Waals surface area contributed by atoms with E-state index < -0.39 is 0 Å². The van der Waals surface area contributed by atoms with E-state index in [1.165, 1.54) is 11.8 Å². The zero-order valence-corrected chi connectivity index (χ0v) is 14.2. The number of benzene rings is 1. The third kappa shape index (κ3) is 3.33. The van der Waals surface area contributed by atoms with E-state index in [2.05, 4.69) is 27.0 Å². The predicted molar refractivity (Wildman–Crippen MR) is 96.1 cm³/mol. The molecule has 0 aliphatic carbocycles. The van der Waals surface area contributed by atoms with Gasteiger partial charge in [0.05, 0.1) is 18.1 Å². The monoisotopic (exact) mass is 345 g/mol. The number of halogens is 1. The number of nitrogens with zero attached hydrogens (tertiary/aromatic N) is 4. The molecule has 7 heteroatoms. The molecule has 0 aliphatic heterocycles. The van der Waals surface area contributed by atoms with Gasteiger partial charge < -0.3 is 5.32 Å². The van der Waals surface area contributed by atoms with E-state index in [0.717, 1.165) is 27.4 Å². The van der Waals surface area contributed by atoms with Crippen LogP contribution in [0.15, 0.2) is 48.3 Å². The molecular formula is C16H16ClN5S. The Hall–Kier alpha value is -2.05. The highest BCUT2D eigenvalue weighted by Gasteiger charge is 2.12. The first-order chi connectivity index (χ1) is 11.2. The van der Waals surface area contributed by atoms with Crippen LogP contribution in [0.1, 0.15) is 5.56 Å². The predicted octanol–water partition coefficient (Wildman–Crippen LogP) is 4.00. The molecule has 0 aliphatic rings. The molecule has 0 radical (unpaired) electrons. The molecule has 1 N–H and O–H groups in total. The Balaban J connectivity index is 1.96. The van der Waals surface area contributed by atoms with Crippen LogP contribution >= 0.6 is 23.4 Å². The highest BCUT2D eigenvalue weighted by molar-refractivity contribution is 7.98. The Kier molecular flexibility index (Phi) is 4.83. The molecule has 0 saturated heterocycles. The minimum Gasteiger partial charge on any atom is -0.365 e. The largest absolute Gasteiger partial charge is 0.365 e. The standard InChI is InChI=1S/C16H16ClN5S/c1-3-8-22-15-12(10-19-22)14(20-16(21-15)23-2)18-9-11-6-4-5-7-13(11)17/h3-7,10H,1,8-9H2,2H3,(H,18,20,21). The number of fused-ring (bicyclic) bond motifs is 1. The maximum absolute atomic E-state index is 6.21. The fourth-order valence-corrected chi connectivity index (χ4v) is 2.80. The molecule has 0 amide bonds. The van der Waals surface area contributed by atoms with E-state index >= 15 is 0 Å². The van der Waals surface area contributed by atoms with E-state index in [9.17, 15) is 0 Å². The fourth-order valence-electron chi connectivity index (χ4n) is 2.24. The third-order valence-electron chi connectivity index (χ3n) is 3.36. The molecule has 2 aromatic heterocycles. The van der Waals surface area contributed by atoms with Crippen LogP contribution in [0, 0.1) is 0 Å². The van der Waals surface area contributed by atoms with Crippen LogP contribution in [-0.4, -0.2) is 26.0 Å². The number of rotatable bonds is 6. The van der Waals surface area contributed by atoms with E-state index in [-0.39, 0.29) is 0 Å². The summed E-state index contributed by atoms with van der Waals surface area (Å²) < 4.78 is 1.81. The second-order valence-electron chi connectivity index (χ2n) is 4.86. The maximum Gasteiger partial charge on any atom is 0.191 e. The first-order valence-corrected chi connectivity index (χ1v) is 8.69. The van der Waals surface area contributed by atoms with Crippen LogP contribution in [0.2, 0.25) is 5.02 Å². The van der Waals surface area contributed by atoms with Crippen molar-refractivity contribution in [3.8, 4) is 0 Å². The van der Waals surface area contributed by atoms with Crippen molar-refractivity contribution in [1.29, 1.82) is 0 Å². The molecule has 2 heterocycles. The van der Waals surface area contributed by atoms with Gasteiger partial charge >= 0.3 is 0 Å². The Morgan fingerprint density at radius 2 is 2.17 bits per heavy atom. The van der Waals surface area contributed by atoms with Gasteiger partial charge in [-0.25, -0.2) is 14.6 Å². The van der Waals surface area contributed by atoms with E-state index in [4.69, 9.17) is 11.6 Å². The summed E-state index contributed by atoms with van der Waals surface area (Å²) in [6.07, 6.45) is 5.52. The van der Waals surface area contributed by atoms with Crippen molar-refractivity contribution in [3.63, 3.8) is 0 Å². The summed E-state index contributed by atoms with van der Waals surface area (Å²) in [5, 5.41) is 10.0. The second kappa shape index (κ2) is 7.02. The van der Waals surface area contributed by atoms with Gasteiger partial charge in [0.25, 0.3) is 0 Å². The lowest BCUT2D eigenvalue weighted by molar-refractivity contribution is 0.715. The normalized spacial score (nSPS) is 10.9. The lowest BCUT2D eigenvalue weighted by atomic mass is 10.2. The van der Waals surface area contributed by atoms with Crippen molar-refractivity contribution >= 4 is 40.2 Å². The molecule has 0 bridgehead atoms. The Labute approximate surface area is 143 Å². The average molecular weight is 346 g/mol. The summed E-state index contributed by atoms with van der Waals surface area (Å²) >= 11 is 7.71. The van der Waals surface area contributed by atoms with Gasteiger partial charge in [-0.05, 0) is 17.9 Å². The molecule has 118 valence electrons. The second-order valence-corrected chi connectivity index (χ2v) is 6.04. The van der Waals surface area contributed by atoms with Crippen LogP contribution < -0.4 is 5.32 Å². The van der Waals surface area contributed by atoms with Gasteiger partial charge in [0.1, 0.15) is 5.82 Å². The third-order valence-corrected chi connectivity index (χ3v) is 4.28. The average Bonchev–Trinajstić information content (AvgIpc) is 2.97. The minimum absolute atomic E-state index is 0.590. The molecule has 0 unspecified atom stereocenters.